The number of hydrogen-bond donors (Lipinski definition) is 1. The number of H-pyrrole nitrogens is 1. The first-order valence-corrected chi connectivity index (χ1v) is 15.7. The average molecular weight is 434 g/mol. The van der Waals surface area contributed by atoms with Gasteiger partial charge in [-0.3, -0.25) is 0 Å². The summed E-state index contributed by atoms with van der Waals surface area (Å²) in [5.74, 6) is 2.44. The Morgan fingerprint density at radius 3 is 2.52 bits per heavy atom. The number of fused-ring (bicyclic) bond motifs is 3. The highest BCUT2D eigenvalue weighted by atomic mass is 28.3. The summed E-state index contributed by atoms with van der Waals surface area (Å²) in [5, 5.41) is 10.3. The van der Waals surface area contributed by atoms with Gasteiger partial charge in [0.05, 0.1) is 17.8 Å². The lowest BCUT2D eigenvalue weighted by atomic mass is 9.83. The summed E-state index contributed by atoms with van der Waals surface area (Å²) >= 11 is 0. The van der Waals surface area contributed by atoms with Gasteiger partial charge in [0, 0.05) is 38.0 Å². The average Bonchev–Trinajstić information content (AvgIpc) is 3.38. The topological polar surface area (TPSA) is 70.3 Å². The number of imidazole rings is 1. The highest BCUT2D eigenvalue weighted by Crippen LogP contribution is 2.46. The van der Waals surface area contributed by atoms with Gasteiger partial charge in [0.25, 0.3) is 0 Å². The van der Waals surface area contributed by atoms with Crippen molar-refractivity contribution < 1.29 is 0 Å². The Morgan fingerprint density at radius 1 is 1.10 bits per heavy atom. The Bertz CT molecular complexity index is 1100. The highest BCUT2D eigenvalue weighted by molar-refractivity contribution is 6.77. The Balaban J connectivity index is 1.53. The van der Waals surface area contributed by atoms with Crippen LogP contribution in [0.1, 0.15) is 75.6 Å². The van der Waals surface area contributed by atoms with Gasteiger partial charge in [-0.15, -0.1) is 0 Å². The number of nitrogens with one attached hydrogen (secondary N) is 1. The van der Waals surface area contributed by atoms with E-state index in [-0.39, 0.29) is 0 Å². The van der Waals surface area contributed by atoms with Crippen LogP contribution in [0.2, 0.25) is 25.2 Å². The molecule has 6 heteroatoms. The summed E-state index contributed by atoms with van der Waals surface area (Å²) in [4.78, 5) is 13.2. The summed E-state index contributed by atoms with van der Waals surface area (Å²) in [6.07, 6.45) is 14.5. The van der Waals surface area contributed by atoms with Gasteiger partial charge in [-0.2, -0.15) is 5.26 Å². The summed E-state index contributed by atoms with van der Waals surface area (Å²) in [5.41, 5.74) is 4.23. The molecule has 0 aliphatic heterocycles. The molecule has 31 heavy (non-hydrogen) atoms. The fourth-order valence-electron chi connectivity index (χ4n) is 6.22. The van der Waals surface area contributed by atoms with Gasteiger partial charge in [0.1, 0.15) is 17.0 Å². The minimum Gasteiger partial charge on any atom is -0.346 e. The van der Waals surface area contributed by atoms with Crippen LogP contribution in [0.5, 0.6) is 0 Å². The molecule has 0 aromatic carbocycles. The van der Waals surface area contributed by atoms with E-state index in [9.17, 15) is 0 Å². The Kier molecular flexibility index (Phi) is 5.41. The fourth-order valence-corrected chi connectivity index (χ4v) is 8.29. The second-order valence-electron chi connectivity index (χ2n) is 11.0. The molecule has 0 bridgehead atoms. The molecule has 0 unspecified atom stereocenters. The van der Waals surface area contributed by atoms with Gasteiger partial charge in [-0.25, -0.2) is 9.97 Å². The molecule has 2 fully saturated rings. The lowest BCUT2D eigenvalue weighted by molar-refractivity contribution is 0.271. The van der Waals surface area contributed by atoms with Crippen LogP contribution in [0.3, 0.4) is 0 Å². The first kappa shape index (κ1) is 20.8. The van der Waals surface area contributed by atoms with Crippen molar-refractivity contribution in [1.82, 2.24) is 19.5 Å². The van der Waals surface area contributed by atoms with Crippen LogP contribution in [0.4, 0.5) is 0 Å². The van der Waals surface area contributed by atoms with E-state index < -0.39 is 8.07 Å². The lowest BCUT2D eigenvalue weighted by Crippen LogP contribution is -2.31. The van der Waals surface area contributed by atoms with E-state index in [1.807, 2.05) is 12.4 Å². The number of hydrogen-bond acceptors (Lipinski definition) is 3. The standard InChI is InChI=1S/C25H35N5Si/c1-31(2,3)20-10-6-18(7-11-20)25-29-22-16-28-24-21(13-15-27-24)23(22)30(25)19-8-4-17(5-9-19)12-14-26/h13,15-20H,4-12H2,1-3H3,(H,27,28)/t17-,18?,19-,20?. The van der Waals surface area contributed by atoms with Crippen molar-refractivity contribution >= 4 is 30.1 Å². The molecule has 0 amide bonds. The molecule has 0 radical (unpaired) electrons. The third-order valence-electron chi connectivity index (χ3n) is 8.14. The maximum Gasteiger partial charge on any atom is 0.139 e. The molecule has 0 spiro atoms. The molecule has 2 saturated carbocycles. The first-order chi connectivity index (χ1) is 15.0. The molecule has 5 rings (SSSR count). The zero-order valence-electron chi connectivity index (χ0n) is 19.2. The van der Waals surface area contributed by atoms with Crippen LogP contribution in [0, 0.1) is 17.2 Å². The lowest BCUT2D eigenvalue weighted by Gasteiger charge is -2.37. The molecule has 3 heterocycles. The molecule has 164 valence electrons. The SMILES string of the molecule is C[Si](C)(C)C1CCC(c2nc3cnc4[nH]ccc4c3n2[C@H]2CC[C@H](CC#N)CC2)CC1. The molecule has 2 aliphatic carbocycles. The minimum absolute atomic E-state index is 0.491. The molecule has 3 aromatic rings. The minimum atomic E-state index is -1.08. The molecule has 0 atom stereocenters. The predicted octanol–water partition coefficient (Wildman–Crippen LogP) is 6.92. The Labute approximate surface area is 186 Å². The summed E-state index contributed by atoms with van der Waals surface area (Å²) in [6, 6.07) is 5.04. The van der Waals surface area contributed by atoms with E-state index in [2.05, 4.69) is 46.3 Å². The van der Waals surface area contributed by atoms with E-state index in [1.165, 1.54) is 42.4 Å². The van der Waals surface area contributed by atoms with Crippen molar-refractivity contribution in [3.8, 4) is 6.07 Å². The first-order valence-electron chi connectivity index (χ1n) is 12.2. The predicted molar refractivity (Wildman–Crippen MR) is 129 cm³/mol. The number of pyridine rings is 1. The third-order valence-corrected chi connectivity index (χ3v) is 11.2. The number of nitriles is 1. The van der Waals surface area contributed by atoms with Gasteiger partial charge >= 0.3 is 0 Å². The molecule has 3 aromatic heterocycles. The van der Waals surface area contributed by atoms with Crippen LogP contribution < -0.4 is 0 Å². The van der Waals surface area contributed by atoms with Crippen molar-refractivity contribution in [3.63, 3.8) is 0 Å². The Morgan fingerprint density at radius 2 is 1.84 bits per heavy atom. The van der Waals surface area contributed by atoms with Crippen LogP contribution in [0.25, 0.3) is 22.1 Å². The molecule has 5 nitrogen and oxygen atoms in total. The zero-order chi connectivity index (χ0) is 21.6. The normalized spacial score (nSPS) is 27.5. The quantitative estimate of drug-likeness (QED) is 0.454. The molecule has 2 aliphatic rings. The highest BCUT2D eigenvalue weighted by Gasteiger charge is 2.35. The Hall–Kier alpha value is -2.13. The molecular formula is C25H35N5Si. The fraction of sp³-hybridized carbons (Fsp3) is 0.640. The second kappa shape index (κ2) is 8.09. The number of rotatable bonds is 4. The number of nitrogens with zero attached hydrogens (tertiary/aromatic N) is 4. The van der Waals surface area contributed by atoms with Crippen molar-refractivity contribution in [1.29, 1.82) is 5.26 Å². The van der Waals surface area contributed by atoms with Crippen molar-refractivity contribution in [2.24, 2.45) is 5.92 Å². The van der Waals surface area contributed by atoms with E-state index >= 15 is 0 Å². The number of aromatic nitrogens is 4. The second-order valence-corrected chi connectivity index (χ2v) is 16.6. The monoisotopic (exact) mass is 433 g/mol. The smallest absolute Gasteiger partial charge is 0.139 e. The van der Waals surface area contributed by atoms with Crippen molar-refractivity contribution in [2.45, 2.75) is 94.9 Å². The van der Waals surface area contributed by atoms with Crippen LogP contribution in [0.15, 0.2) is 18.5 Å². The molecule has 0 saturated heterocycles. The van der Waals surface area contributed by atoms with Gasteiger partial charge < -0.3 is 9.55 Å². The zero-order valence-corrected chi connectivity index (χ0v) is 20.2. The van der Waals surface area contributed by atoms with Crippen LogP contribution in [-0.4, -0.2) is 27.6 Å². The van der Waals surface area contributed by atoms with Gasteiger partial charge in [-0.05, 0) is 56.1 Å². The van der Waals surface area contributed by atoms with E-state index in [4.69, 9.17) is 10.2 Å². The summed E-state index contributed by atoms with van der Waals surface area (Å²) in [6.45, 7) is 7.59. The third kappa shape index (κ3) is 3.82. The van der Waals surface area contributed by atoms with Crippen LogP contribution >= 0.6 is 0 Å². The van der Waals surface area contributed by atoms with E-state index in [0.717, 1.165) is 42.4 Å². The van der Waals surface area contributed by atoms with Crippen molar-refractivity contribution in [3.05, 3.63) is 24.3 Å². The van der Waals surface area contributed by atoms with Crippen molar-refractivity contribution in [2.75, 3.05) is 0 Å². The van der Waals surface area contributed by atoms with Crippen LogP contribution in [-0.2, 0) is 0 Å². The van der Waals surface area contributed by atoms with Gasteiger partial charge in [0.2, 0.25) is 0 Å². The summed E-state index contributed by atoms with van der Waals surface area (Å²) in [7, 11) is -1.08. The summed E-state index contributed by atoms with van der Waals surface area (Å²) < 4.78 is 2.62. The largest absolute Gasteiger partial charge is 0.346 e. The molecular weight excluding hydrogens is 398 g/mol. The van der Waals surface area contributed by atoms with Gasteiger partial charge in [0.15, 0.2) is 0 Å². The maximum absolute atomic E-state index is 9.12. The number of aromatic amines is 1. The van der Waals surface area contributed by atoms with E-state index in [1.54, 1.807) is 0 Å². The molecule has 1 N–H and O–H groups in total. The maximum atomic E-state index is 9.12. The van der Waals surface area contributed by atoms with E-state index in [0.29, 0.717) is 24.3 Å². The van der Waals surface area contributed by atoms with Gasteiger partial charge in [-0.1, -0.05) is 32.5 Å².